The second kappa shape index (κ2) is 7.55. The van der Waals surface area contributed by atoms with E-state index < -0.39 is 17.7 Å². The molecule has 8 heteroatoms. The zero-order valence-electron chi connectivity index (χ0n) is 13.7. The lowest BCUT2D eigenvalue weighted by molar-refractivity contribution is -0.274. The molecule has 0 aromatic heterocycles. The highest BCUT2D eigenvalue weighted by Gasteiger charge is 2.34. The Morgan fingerprint density at radius 1 is 1.17 bits per heavy atom. The fourth-order valence-corrected chi connectivity index (χ4v) is 2.23. The van der Waals surface area contributed by atoms with Crippen molar-refractivity contribution in [1.82, 2.24) is 4.90 Å². The van der Waals surface area contributed by atoms with Gasteiger partial charge in [0.05, 0.1) is 11.8 Å². The topological polar surface area (TPSA) is 66.8 Å². The first-order valence-corrected chi connectivity index (χ1v) is 7.35. The first kappa shape index (κ1) is 19.8. The third kappa shape index (κ3) is 5.43. The SMILES string of the molecule is CCN(CCC(=O)O)C(=O)C(C)(C)c1ccc(OC(F)(F)F)cc1. The number of carboxylic acids is 1. The van der Waals surface area contributed by atoms with Gasteiger partial charge in [0, 0.05) is 13.1 Å². The van der Waals surface area contributed by atoms with E-state index in [4.69, 9.17) is 5.11 Å². The number of hydrogen-bond donors (Lipinski definition) is 1. The Bertz CT molecular complexity index is 582. The quantitative estimate of drug-likeness (QED) is 0.823. The number of nitrogens with zero attached hydrogens (tertiary/aromatic N) is 1. The van der Waals surface area contributed by atoms with E-state index in [2.05, 4.69) is 4.74 Å². The number of carbonyl (C=O) groups excluding carboxylic acids is 1. The summed E-state index contributed by atoms with van der Waals surface area (Å²) in [5.41, 5.74) is -0.499. The molecule has 0 heterocycles. The van der Waals surface area contributed by atoms with Gasteiger partial charge in [-0.25, -0.2) is 0 Å². The summed E-state index contributed by atoms with van der Waals surface area (Å²) in [6.07, 6.45) is -4.95. The smallest absolute Gasteiger partial charge is 0.481 e. The molecule has 0 radical (unpaired) electrons. The zero-order chi connectivity index (χ0) is 18.5. The molecule has 0 unspecified atom stereocenters. The van der Waals surface area contributed by atoms with Gasteiger partial charge < -0.3 is 14.7 Å². The molecular weight excluding hydrogens is 327 g/mol. The third-order valence-corrected chi connectivity index (χ3v) is 3.61. The molecule has 0 aliphatic heterocycles. The van der Waals surface area contributed by atoms with Gasteiger partial charge in [-0.2, -0.15) is 0 Å². The third-order valence-electron chi connectivity index (χ3n) is 3.61. The van der Waals surface area contributed by atoms with Gasteiger partial charge in [-0.15, -0.1) is 13.2 Å². The molecule has 0 spiro atoms. The van der Waals surface area contributed by atoms with Gasteiger partial charge in [0.15, 0.2) is 0 Å². The molecule has 24 heavy (non-hydrogen) atoms. The van der Waals surface area contributed by atoms with Crippen molar-refractivity contribution < 1.29 is 32.6 Å². The second-order valence-corrected chi connectivity index (χ2v) is 5.73. The number of amides is 1. The first-order valence-electron chi connectivity index (χ1n) is 7.35. The summed E-state index contributed by atoms with van der Waals surface area (Å²) in [5, 5.41) is 8.74. The minimum Gasteiger partial charge on any atom is -0.481 e. The van der Waals surface area contributed by atoms with Crippen LogP contribution in [-0.2, 0) is 15.0 Å². The van der Waals surface area contributed by atoms with Gasteiger partial charge in [0.2, 0.25) is 5.91 Å². The zero-order valence-corrected chi connectivity index (χ0v) is 13.7. The number of hydrogen-bond acceptors (Lipinski definition) is 3. The van der Waals surface area contributed by atoms with Crippen molar-refractivity contribution in [3.8, 4) is 5.75 Å². The molecular formula is C16H20F3NO4. The summed E-state index contributed by atoms with van der Waals surface area (Å²) in [7, 11) is 0. The number of ether oxygens (including phenoxy) is 1. The van der Waals surface area contributed by atoms with Crippen LogP contribution in [0.25, 0.3) is 0 Å². The van der Waals surface area contributed by atoms with Crippen LogP contribution >= 0.6 is 0 Å². The summed E-state index contributed by atoms with van der Waals surface area (Å²) in [4.78, 5) is 24.7. The van der Waals surface area contributed by atoms with Crippen molar-refractivity contribution in [2.45, 2.75) is 39.0 Å². The molecule has 1 rings (SSSR count). The van der Waals surface area contributed by atoms with Crippen LogP contribution in [0.1, 0.15) is 32.8 Å². The maximum absolute atomic E-state index is 12.6. The van der Waals surface area contributed by atoms with Crippen LogP contribution in [0.15, 0.2) is 24.3 Å². The number of alkyl halides is 3. The van der Waals surface area contributed by atoms with Crippen molar-refractivity contribution >= 4 is 11.9 Å². The first-order chi connectivity index (χ1) is 11.0. The van der Waals surface area contributed by atoms with Crippen molar-refractivity contribution in [3.63, 3.8) is 0 Å². The Morgan fingerprint density at radius 3 is 2.12 bits per heavy atom. The van der Waals surface area contributed by atoms with E-state index in [-0.39, 0.29) is 24.6 Å². The molecule has 1 aromatic rings. The van der Waals surface area contributed by atoms with E-state index in [1.165, 1.54) is 17.0 Å². The van der Waals surface area contributed by atoms with Crippen LogP contribution < -0.4 is 4.74 Å². The summed E-state index contributed by atoms with van der Waals surface area (Å²) < 4.78 is 40.3. The molecule has 0 aliphatic rings. The molecule has 1 N–H and O–H groups in total. The molecule has 0 fully saturated rings. The van der Waals surface area contributed by atoms with Gasteiger partial charge in [-0.05, 0) is 38.5 Å². The highest BCUT2D eigenvalue weighted by Crippen LogP contribution is 2.29. The normalized spacial score (nSPS) is 11.9. The lowest BCUT2D eigenvalue weighted by atomic mass is 9.83. The molecule has 0 saturated carbocycles. The van der Waals surface area contributed by atoms with Crippen molar-refractivity contribution in [2.75, 3.05) is 13.1 Å². The predicted octanol–water partition coefficient (Wildman–Crippen LogP) is 3.19. The highest BCUT2D eigenvalue weighted by molar-refractivity contribution is 5.87. The molecule has 0 aliphatic carbocycles. The highest BCUT2D eigenvalue weighted by atomic mass is 19.4. The number of benzene rings is 1. The van der Waals surface area contributed by atoms with E-state index >= 15 is 0 Å². The van der Waals surface area contributed by atoms with Crippen LogP contribution in [-0.4, -0.2) is 41.3 Å². The molecule has 1 amide bonds. The Labute approximate surface area is 138 Å². The van der Waals surface area contributed by atoms with E-state index in [9.17, 15) is 22.8 Å². The lowest BCUT2D eigenvalue weighted by Gasteiger charge is -2.31. The number of rotatable bonds is 7. The largest absolute Gasteiger partial charge is 0.573 e. The fourth-order valence-electron chi connectivity index (χ4n) is 2.23. The van der Waals surface area contributed by atoms with Gasteiger partial charge in [0.1, 0.15) is 5.75 Å². The maximum atomic E-state index is 12.6. The molecule has 5 nitrogen and oxygen atoms in total. The Hall–Kier alpha value is -2.25. The minimum absolute atomic E-state index is 0.0728. The van der Waals surface area contributed by atoms with Crippen molar-refractivity contribution in [1.29, 1.82) is 0 Å². The Kier molecular flexibility index (Phi) is 6.22. The lowest BCUT2D eigenvalue weighted by Crippen LogP contribution is -2.44. The van der Waals surface area contributed by atoms with Gasteiger partial charge in [0.25, 0.3) is 0 Å². The van der Waals surface area contributed by atoms with E-state index in [1.807, 2.05) is 0 Å². The van der Waals surface area contributed by atoms with Crippen LogP contribution in [0, 0.1) is 0 Å². The standard InChI is InChI=1S/C16H20F3NO4/c1-4-20(10-9-13(21)22)14(23)15(2,3)11-5-7-12(8-6-11)24-16(17,18)19/h5-8H,4,9-10H2,1-3H3,(H,21,22). The number of carbonyl (C=O) groups is 2. The summed E-state index contributed by atoms with van der Waals surface area (Å²) in [6.45, 7) is 5.42. The number of likely N-dealkylation sites (N-methyl/N-ethyl adjacent to an activating group) is 1. The predicted molar refractivity (Wildman–Crippen MR) is 80.7 cm³/mol. The van der Waals surface area contributed by atoms with Gasteiger partial charge in [-0.1, -0.05) is 12.1 Å². The summed E-state index contributed by atoms with van der Waals surface area (Å²) in [6, 6.07) is 5.07. The van der Waals surface area contributed by atoms with Crippen LogP contribution in [0.4, 0.5) is 13.2 Å². The number of carboxylic acid groups (broad SMARTS) is 1. The van der Waals surface area contributed by atoms with Crippen LogP contribution in [0.2, 0.25) is 0 Å². The summed E-state index contributed by atoms with van der Waals surface area (Å²) >= 11 is 0. The van der Waals surface area contributed by atoms with Gasteiger partial charge in [-0.3, -0.25) is 9.59 Å². The monoisotopic (exact) mass is 347 g/mol. The van der Waals surface area contributed by atoms with Gasteiger partial charge >= 0.3 is 12.3 Å². The molecule has 1 aromatic carbocycles. The van der Waals surface area contributed by atoms with Crippen molar-refractivity contribution in [3.05, 3.63) is 29.8 Å². The van der Waals surface area contributed by atoms with E-state index in [1.54, 1.807) is 20.8 Å². The molecule has 0 saturated heterocycles. The molecule has 134 valence electrons. The average Bonchev–Trinajstić information content (AvgIpc) is 2.46. The van der Waals surface area contributed by atoms with E-state index in [0.717, 1.165) is 12.1 Å². The van der Waals surface area contributed by atoms with Crippen LogP contribution in [0.5, 0.6) is 5.75 Å². The Morgan fingerprint density at radius 2 is 1.71 bits per heavy atom. The van der Waals surface area contributed by atoms with Crippen LogP contribution in [0.3, 0.4) is 0 Å². The van der Waals surface area contributed by atoms with E-state index in [0.29, 0.717) is 12.1 Å². The van der Waals surface area contributed by atoms with Crippen molar-refractivity contribution in [2.24, 2.45) is 0 Å². The second-order valence-electron chi connectivity index (χ2n) is 5.73. The number of halogens is 3. The summed E-state index contributed by atoms with van der Waals surface area (Å²) in [5.74, 6) is -1.67. The fraction of sp³-hybridized carbons (Fsp3) is 0.500. The Balaban J connectivity index is 2.92. The molecule has 0 atom stereocenters. The maximum Gasteiger partial charge on any atom is 0.573 e. The minimum atomic E-state index is -4.78. The molecule has 0 bridgehead atoms. The average molecular weight is 347 g/mol. The number of aliphatic carboxylic acids is 1.